The summed E-state index contributed by atoms with van der Waals surface area (Å²) in [6.45, 7) is 8.45. The summed E-state index contributed by atoms with van der Waals surface area (Å²) in [6, 6.07) is 0.180. The molecule has 12 heteroatoms. The van der Waals surface area contributed by atoms with Gasteiger partial charge < -0.3 is 10.6 Å². The zero-order valence-electron chi connectivity index (χ0n) is 22.9. The van der Waals surface area contributed by atoms with Crippen molar-refractivity contribution in [3.05, 3.63) is 0 Å². The van der Waals surface area contributed by atoms with Crippen molar-refractivity contribution in [1.82, 2.24) is 37.2 Å². The first-order valence-corrected chi connectivity index (χ1v) is 18.2. The van der Waals surface area contributed by atoms with Crippen LogP contribution in [0.4, 0.5) is 0 Å². The van der Waals surface area contributed by atoms with Crippen molar-refractivity contribution in [3.63, 3.8) is 0 Å². The number of hydrogen-bond acceptors (Lipinski definition) is 8. The van der Waals surface area contributed by atoms with Crippen LogP contribution in [0.2, 0.25) is 0 Å². The molecule has 1 saturated carbocycles. The van der Waals surface area contributed by atoms with E-state index in [0.717, 1.165) is 56.3 Å². The van der Waals surface area contributed by atoms with E-state index in [1.54, 1.807) is 0 Å². The fourth-order valence-corrected chi connectivity index (χ4v) is 9.48. The van der Waals surface area contributed by atoms with Crippen molar-refractivity contribution < 1.29 is 54.2 Å². The van der Waals surface area contributed by atoms with Gasteiger partial charge in [-0.25, -0.2) is 0 Å². The molecule has 1 rings (SSSR count). The van der Waals surface area contributed by atoms with E-state index in [9.17, 15) is 9.59 Å². The van der Waals surface area contributed by atoms with Crippen LogP contribution in [0.15, 0.2) is 0 Å². The van der Waals surface area contributed by atoms with Crippen LogP contribution in [0.25, 0.3) is 0 Å². The van der Waals surface area contributed by atoms with Crippen LogP contribution in [0.5, 0.6) is 0 Å². The molecular formula is C24H51I2N7O3-2. The number of likely N-dealkylation sites (N-methyl/N-ethyl adjacent to an activating group) is 4. The average molecular weight is 740 g/mol. The number of nitrogens with one attached hydrogen (secondary N) is 7. The Balaban J connectivity index is 2.67. The molecule has 2 unspecified atom stereocenters. The van der Waals surface area contributed by atoms with Gasteiger partial charge in [-0.2, -0.15) is 0 Å². The van der Waals surface area contributed by atoms with Crippen LogP contribution in [0.3, 0.4) is 0 Å². The van der Waals surface area contributed by atoms with Crippen molar-refractivity contribution >= 4 is 11.8 Å². The molecule has 1 fully saturated rings. The molecule has 0 aromatic carbocycles. The maximum atomic E-state index is 13.1. The van der Waals surface area contributed by atoms with Crippen LogP contribution >= 0.6 is 0 Å². The maximum absolute atomic E-state index is 13.1. The van der Waals surface area contributed by atoms with Gasteiger partial charge in [0, 0.05) is 6.54 Å². The first kappa shape index (κ1) is 34.2. The number of carbonyl (C=O) groups is 2. The summed E-state index contributed by atoms with van der Waals surface area (Å²) in [6.07, 6.45) is 4.40. The second-order valence-corrected chi connectivity index (χ2v) is 14.9. The molecule has 1 aliphatic rings. The molecule has 0 radical (unpaired) electrons. The predicted octanol–water partition coefficient (Wildman–Crippen LogP) is -6.82. The normalized spacial score (nSPS) is 21.9. The summed E-state index contributed by atoms with van der Waals surface area (Å²) < 4.78 is 7.82. The van der Waals surface area contributed by atoms with Gasteiger partial charge in [-0.3, -0.25) is 0 Å². The molecule has 0 bridgehead atoms. The van der Waals surface area contributed by atoms with E-state index >= 15 is 0 Å². The average Bonchev–Trinajstić information content (AvgIpc) is 2.88. The molecule has 5 atom stereocenters. The van der Waals surface area contributed by atoms with Crippen molar-refractivity contribution in [2.45, 2.75) is 70.1 Å². The SMILES string of the molecule is CCC[I-]O[I-]CC(NC)C(=O)NC1C[C@H](C(=O)NCC[C@H](CNC)NC)CC[C@@H]1NCCNCC. The van der Waals surface area contributed by atoms with E-state index in [4.69, 9.17) is 1.40 Å². The Morgan fingerprint density at radius 2 is 1.81 bits per heavy atom. The summed E-state index contributed by atoms with van der Waals surface area (Å²) in [5.74, 6) is 0.0361. The van der Waals surface area contributed by atoms with E-state index in [1.807, 2.05) is 21.1 Å². The quantitative estimate of drug-likeness (QED) is 0.0353. The summed E-state index contributed by atoms with van der Waals surface area (Å²) in [4.78, 5) is 26.1. The first-order valence-electron chi connectivity index (χ1n) is 13.4. The van der Waals surface area contributed by atoms with Crippen LogP contribution in [0, 0.1) is 5.92 Å². The standard InChI is InChI=1S/C24H51I2N7O3/c1-6-11-25-36-26-16-22(29-5)24(35)33-21-15-18(8-9-20(21)31-14-13-30-7-2)23(34)32-12-10-19(28-4)17-27-3/h18-22,27-31H,6-17H2,1-5H3,(H,32,34)(H,33,35)/q-2/t18-,19-,20+,21?,22?/m1/s1. The monoisotopic (exact) mass is 739 g/mol. The number of rotatable bonds is 21. The fourth-order valence-electron chi connectivity index (χ4n) is 4.23. The number of carbonyl (C=O) groups excluding carboxylic acids is 2. The Hall–Kier alpha value is 0.160. The third-order valence-electron chi connectivity index (χ3n) is 6.39. The van der Waals surface area contributed by atoms with E-state index < -0.39 is 21.6 Å². The van der Waals surface area contributed by atoms with Crippen LogP contribution in [0.1, 0.15) is 46.0 Å². The number of amides is 2. The molecule has 0 aliphatic heterocycles. The second-order valence-electron chi connectivity index (χ2n) is 9.12. The Morgan fingerprint density at radius 1 is 1.00 bits per heavy atom. The molecule has 1 aliphatic carbocycles. The van der Waals surface area contributed by atoms with E-state index in [0.29, 0.717) is 19.0 Å². The van der Waals surface area contributed by atoms with Gasteiger partial charge in [0.2, 0.25) is 0 Å². The molecule has 0 aromatic heterocycles. The molecule has 216 valence electrons. The molecule has 0 heterocycles. The van der Waals surface area contributed by atoms with Gasteiger partial charge in [-0.05, 0) is 14.1 Å². The van der Waals surface area contributed by atoms with Crippen LogP contribution in [-0.4, -0.2) is 98.7 Å². The zero-order chi connectivity index (χ0) is 26.6. The third kappa shape index (κ3) is 14.4. The van der Waals surface area contributed by atoms with E-state index in [-0.39, 0.29) is 57.5 Å². The van der Waals surface area contributed by atoms with Crippen molar-refractivity contribution in [3.8, 4) is 0 Å². The Morgan fingerprint density at radius 3 is 2.47 bits per heavy atom. The van der Waals surface area contributed by atoms with Crippen LogP contribution in [-0.2, 0) is 11.0 Å². The first-order chi connectivity index (χ1) is 17.5. The minimum absolute atomic E-state index is 0.0166. The molecule has 36 heavy (non-hydrogen) atoms. The molecule has 0 spiro atoms. The van der Waals surface area contributed by atoms with Gasteiger partial charge in [0.25, 0.3) is 0 Å². The van der Waals surface area contributed by atoms with Gasteiger partial charge >= 0.3 is 211 Å². The minimum atomic E-state index is -0.427. The van der Waals surface area contributed by atoms with Gasteiger partial charge in [-0.1, -0.05) is 0 Å². The molecule has 0 aromatic rings. The third-order valence-corrected chi connectivity index (χ3v) is 12.8. The van der Waals surface area contributed by atoms with Crippen molar-refractivity contribution in [2.75, 3.05) is 62.7 Å². The van der Waals surface area contributed by atoms with E-state index in [2.05, 4.69) is 51.1 Å². The molecule has 10 nitrogen and oxygen atoms in total. The number of halogens is 2. The molecular weight excluding hydrogens is 688 g/mol. The number of alkyl halides is 2. The van der Waals surface area contributed by atoms with Gasteiger partial charge in [0.1, 0.15) is 0 Å². The zero-order valence-corrected chi connectivity index (χ0v) is 27.2. The summed E-state index contributed by atoms with van der Waals surface area (Å²) in [7, 11) is 5.72. The molecule has 7 N–H and O–H groups in total. The van der Waals surface area contributed by atoms with Crippen molar-refractivity contribution in [1.29, 1.82) is 0 Å². The van der Waals surface area contributed by atoms with Crippen LogP contribution < -0.4 is 80.5 Å². The summed E-state index contributed by atoms with van der Waals surface area (Å²) >= 11 is -0.601. The second kappa shape index (κ2) is 22.0. The van der Waals surface area contributed by atoms with Crippen molar-refractivity contribution in [2.24, 2.45) is 5.92 Å². The topological polar surface area (TPSA) is 128 Å². The Kier molecular flexibility index (Phi) is 20.9. The molecule has 0 saturated heterocycles. The van der Waals surface area contributed by atoms with E-state index in [1.165, 1.54) is 4.43 Å². The summed E-state index contributed by atoms with van der Waals surface area (Å²) in [5, 5.41) is 23.0. The predicted molar refractivity (Wildman–Crippen MR) is 138 cm³/mol. The molecule has 2 amide bonds. The van der Waals surface area contributed by atoms with Gasteiger partial charge in [0.05, 0.1) is 0 Å². The van der Waals surface area contributed by atoms with Gasteiger partial charge in [-0.15, -0.1) is 0 Å². The Labute approximate surface area is 240 Å². The fraction of sp³-hybridized carbons (Fsp3) is 0.917. The summed E-state index contributed by atoms with van der Waals surface area (Å²) in [5.41, 5.74) is 0. The Bertz CT molecular complexity index is 592. The number of hydrogen-bond donors (Lipinski definition) is 7. The van der Waals surface area contributed by atoms with Gasteiger partial charge in [0.15, 0.2) is 0 Å².